The lowest BCUT2D eigenvalue weighted by Crippen LogP contribution is -2.18. The molecular weight excluding hydrogens is 345 g/mol. The van der Waals surface area contributed by atoms with Crippen molar-refractivity contribution in [1.29, 1.82) is 0 Å². The van der Waals surface area contributed by atoms with Crippen LogP contribution in [0.25, 0.3) is 5.95 Å². The molecule has 0 aliphatic carbocycles. The van der Waals surface area contributed by atoms with Gasteiger partial charge in [0, 0.05) is 44.4 Å². The summed E-state index contributed by atoms with van der Waals surface area (Å²) in [6, 6.07) is 0. The predicted molar refractivity (Wildman–Crippen MR) is 75.5 cm³/mol. The molecule has 0 amide bonds. The summed E-state index contributed by atoms with van der Waals surface area (Å²) in [5, 5.41) is 7.39. The average molecular weight is 359 g/mol. The molecule has 0 bridgehead atoms. The molecule has 0 aliphatic rings. The van der Waals surface area contributed by atoms with Gasteiger partial charge in [-0.1, -0.05) is 0 Å². The number of halogens is 1. The Kier molecular flexibility index (Phi) is 5.02. The first-order valence-electron chi connectivity index (χ1n) is 5.50. The van der Waals surface area contributed by atoms with Gasteiger partial charge in [-0.3, -0.25) is 0 Å². The summed E-state index contributed by atoms with van der Waals surface area (Å²) in [5.41, 5.74) is 1.04. The maximum absolute atomic E-state index is 4.95. The normalized spacial score (nSPS) is 10.8. The lowest BCUT2D eigenvalue weighted by Gasteiger charge is -2.04. The molecule has 0 spiro atoms. The molecule has 96 valence electrons. The van der Waals surface area contributed by atoms with E-state index in [9.17, 15) is 0 Å². The molecule has 2 aromatic rings. The molecule has 0 saturated heterocycles. The number of nitrogens with zero attached hydrogens (tertiary/aromatic N) is 4. The highest BCUT2D eigenvalue weighted by Crippen LogP contribution is 2.05. The van der Waals surface area contributed by atoms with Gasteiger partial charge in [0.25, 0.3) is 0 Å². The van der Waals surface area contributed by atoms with Crippen molar-refractivity contribution in [3.63, 3.8) is 0 Å². The molecule has 2 heterocycles. The Morgan fingerprint density at radius 3 is 2.72 bits per heavy atom. The van der Waals surface area contributed by atoms with Crippen LogP contribution in [0, 0.1) is 3.57 Å². The van der Waals surface area contributed by atoms with Gasteiger partial charge in [0.2, 0.25) is 5.95 Å². The van der Waals surface area contributed by atoms with Gasteiger partial charge in [-0.25, -0.2) is 14.6 Å². The minimum atomic E-state index is 0.582. The Bertz CT molecular complexity index is 484. The fraction of sp³-hybridized carbons (Fsp3) is 0.364. The third kappa shape index (κ3) is 3.72. The van der Waals surface area contributed by atoms with Gasteiger partial charge in [0.1, 0.15) is 0 Å². The number of hydrogen-bond donors (Lipinski definition) is 1. The van der Waals surface area contributed by atoms with Crippen LogP contribution in [0.4, 0.5) is 0 Å². The molecule has 0 unspecified atom stereocenters. The highest BCUT2D eigenvalue weighted by Gasteiger charge is 2.02. The second-order valence-electron chi connectivity index (χ2n) is 3.66. The van der Waals surface area contributed by atoms with Gasteiger partial charge >= 0.3 is 0 Å². The van der Waals surface area contributed by atoms with Crippen LogP contribution in [-0.2, 0) is 11.3 Å². The lowest BCUT2D eigenvalue weighted by molar-refractivity contribution is 0.199. The molecule has 2 aromatic heterocycles. The van der Waals surface area contributed by atoms with Gasteiger partial charge in [-0.15, -0.1) is 0 Å². The Morgan fingerprint density at radius 1 is 1.33 bits per heavy atom. The van der Waals surface area contributed by atoms with E-state index in [0.29, 0.717) is 12.6 Å². The first-order chi connectivity index (χ1) is 8.79. The van der Waals surface area contributed by atoms with Crippen molar-refractivity contribution in [2.75, 3.05) is 20.3 Å². The van der Waals surface area contributed by atoms with Gasteiger partial charge in [0.15, 0.2) is 0 Å². The summed E-state index contributed by atoms with van der Waals surface area (Å²) in [6.45, 7) is 2.25. The molecule has 0 atom stereocenters. The van der Waals surface area contributed by atoms with E-state index in [1.807, 2.05) is 6.20 Å². The van der Waals surface area contributed by atoms with Crippen molar-refractivity contribution >= 4 is 22.6 Å². The van der Waals surface area contributed by atoms with Gasteiger partial charge in [-0.2, -0.15) is 5.10 Å². The SMILES string of the molecule is COCCNCc1cnc(-n2cc(I)cn2)nc1. The van der Waals surface area contributed by atoms with Crippen LogP contribution in [0.1, 0.15) is 5.56 Å². The molecular formula is C11H14IN5O. The molecule has 0 aromatic carbocycles. The molecule has 0 saturated carbocycles. The molecule has 0 aliphatic heterocycles. The van der Waals surface area contributed by atoms with E-state index >= 15 is 0 Å². The second-order valence-corrected chi connectivity index (χ2v) is 4.91. The van der Waals surface area contributed by atoms with E-state index in [0.717, 1.165) is 22.2 Å². The Morgan fingerprint density at radius 2 is 2.11 bits per heavy atom. The Hall–Kier alpha value is -1.06. The van der Waals surface area contributed by atoms with Crippen LogP contribution < -0.4 is 5.32 Å². The van der Waals surface area contributed by atoms with Crippen LogP contribution in [0.5, 0.6) is 0 Å². The third-order valence-electron chi connectivity index (χ3n) is 2.26. The number of hydrogen-bond acceptors (Lipinski definition) is 5. The lowest BCUT2D eigenvalue weighted by atomic mass is 10.3. The van der Waals surface area contributed by atoms with Crippen LogP contribution >= 0.6 is 22.6 Å². The number of aromatic nitrogens is 4. The number of ether oxygens (including phenoxy) is 1. The zero-order valence-electron chi connectivity index (χ0n) is 10.0. The molecule has 2 rings (SSSR count). The highest BCUT2D eigenvalue weighted by atomic mass is 127. The predicted octanol–water partition coefficient (Wildman–Crippen LogP) is 1.00. The summed E-state index contributed by atoms with van der Waals surface area (Å²) >= 11 is 2.20. The van der Waals surface area contributed by atoms with Crippen molar-refractivity contribution < 1.29 is 4.74 Å². The first kappa shape index (κ1) is 13.4. The van der Waals surface area contributed by atoms with Crippen LogP contribution in [0.2, 0.25) is 0 Å². The van der Waals surface area contributed by atoms with E-state index in [1.165, 1.54) is 0 Å². The molecule has 0 radical (unpaired) electrons. The number of rotatable bonds is 6. The zero-order chi connectivity index (χ0) is 12.8. The van der Waals surface area contributed by atoms with Crippen molar-refractivity contribution in [3.8, 4) is 5.95 Å². The Labute approximate surface area is 119 Å². The van der Waals surface area contributed by atoms with Gasteiger partial charge in [-0.05, 0) is 22.6 Å². The standard InChI is InChI=1S/C11H14IN5O/c1-18-3-2-13-4-9-5-14-11(15-6-9)17-8-10(12)7-16-17/h5-8,13H,2-4H2,1H3. The molecule has 7 heteroatoms. The minimum Gasteiger partial charge on any atom is -0.383 e. The van der Waals surface area contributed by atoms with Crippen LogP contribution in [-0.4, -0.2) is 40.0 Å². The van der Waals surface area contributed by atoms with E-state index < -0.39 is 0 Å². The maximum atomic E-state index is 4.95. The second kappa shape index (κ2) is 6.76. The monoisotopic (exact) mass is 359 g/mol. The summed E-state index contributed by atoms with van der Waals surface area (Å²) in [7, 11) is 1.69. The zero-order valence-corrected chi connectivity index (χ0v) is 12.2. The van der Waals surface area contributed by atoms with Gasteiger partial charge in [0.05, 0.1) is 16.4 Å². The summed E-state index contributed by atoms with van der Waals surface area (Å²) in [6.07, 6.45) is 7.25. The summed E-state index contributed by atoms with van der Waals surface area (Å²) in [4.78, 5) is 8.55. The highest BCUT2D eigenvalue weighted by molar-refractivity contribution is 14.1. The average Bonchev–Trinajstić information content (AvgIpc) is 2.82. The van der Waals surface area contributed by atoms with E-state index in [2.05, 4.69) is 43.0 Å². The third-order valence-corrected chi connectivity index (χ3v) is 2.82. The summed E-state index contributed by atoms with van der Waals surface area (Å²) in [5.74, 6) is 0.582. The molecule has 6 nitrogen and oxygen atoms in total. The molecule has 18 heavy (non-hydrogen) atoms. The van der Waals surface area contributed by atoms with E-state index in [1.54, 1.807) is 30.4 Å². The van der Waals surface area contributed by atoms with Crippen LogP contribution in [0.15, 0.2) is 24.8 Å². The first-order valence-corrected chi connectivity index (χ1v) is 6.58. The quantitative estimate of drug-likeness (QED) is 0.616. The van der Waals surface area contributed by atoms with E-state index in [-0.39, 0.29) is 0 Å². The fourth-order valence-corrected chi connectivity index (χ4v) is 1.76. The maximum Gasteiger partial charge on any atom is 0.250 e. The smallest absolute Gasteiger partial charge is 0.250 e. The number of methoxy groups -OCH3 is 1. The van der Waals surface area contributed by atoms with Crippen LogP contribution in [0.3, 0.4) is 0 Å². The summed E-state index contributed by atoms with van der Waals surface area (Å²) < 4.78 is 7.67. The minimum absolute atomic E-state index is 0.582. The van der Waals surface area contributed by atoms with Gasteiger partial charge < -0.3 is 10.1 Å². The number of nitrogens with one attached hydrogen (secondary N) is 1. The largest absolute Gasteiger partial charge is 0.383 e. The topological polar surface area (TPSA) is 64.9 Å². The van der Waals surface area contributed by atoms with E-state index in [4.69, 9.17) is 4.74 Å². The molecule has 0 fully saturated rings. The Balaban J connectivity index is 1.93. The van der Waals surface area contributed by atoms with Crippen molar-refractivity contribution in [2.45, 2.75) is 6.54 Å². The molecule has 1 N–H and O–H groups in total. The van der Waals surface area contributed by atoms with Crippen molar-refractivity contribution in [2.24, 2.45) is 0 Å². The van der Waals surface area contributed by atoms with Crippen molar-refractivity contribution in [1.82, 2.24) is 25.1 Å². The van der Waals surface area contributed by atoms with Crippen molar-refractivity contribution in [3.05, 3.63) is 33.9 Å². The fourth-order valence-electron chi connectivity index (χ4n) is 1.37.